The highest BCUT2D eigenvalue weighted by molar-refractivity contribution is 8.00. The van der Waals surface area contributed by atoms with Crippen LogP contribution in [0.1, 0.15) is 0 Å². The number of anilines is 2. The second-order valence-corrected chi connectivity index (χ2v) is 7.25. The van der Waals surface area contributed by atoms with Gasteiger partial charge in [0.2, 0.25) is 0 Å². The Hall–Kier alpha value is -3.45. The van der Waals surface area contributed by atoms with E-state index in [1.807, 2.05) is 36.4 Å². The first kappa shape index (κ1) is 14.7. The first-order valence-electron chi connectivity index (χ1n) is 8.34. The van der Waals surface area contributed by atoms with E-state index in [1.165, 1.54) is 6.33 Å². The Morgan fingerprint density at radius 1 is 0.963 bits per heavy atom. The van der Waals surface area contributed by atoms with Gasteiger partial charge in [0.05, 0.1) is 16.3 Å². The number of para-hydroxylation sites is 1. The van der Waals surface area contributed by atoms with E-state index in [0.29, 0.717) is 11.1 Å². The quantitative estimate of drug-likeness (QED) is 0.313. The van der Waals surface area contributed by atoms with Crippen LogP contribution in [0.15, 0.2) is 73.9 Å². The summed E-state index contributed by atoms with van der Waals surface area (Å²) in [6, 6.07) is 16.1. The third-order valence-electron chi connectivity index (χ3n) is 4.64. The van der Waals surface area contributed by atoms with Gasteiger partial charge in [-0.15, -0.1) is 0 Å². The maximum atomic E-state index is 12.1. The molecule has 6 rings (SSSR count). The van der Waals surface area contributed by atoms with E-state index >= 15 is 0 Å². The molecule has 0 spiro atoms. The van der Waals surface area contributed by atoms with E-state index in [2.05, 4.69) is 32.4 Å². The largest absolute Gasteiger partial charge is 0.433 e. The molecule has 128 valence electrons. The topological polar surface area (TPSA) is 80.9 Å². The monoisotopic (exact) mass is 370 g/mol. The van der Waals surface area contributed by atoms with Gasteiger partial charge < -0.3 is 9.73 Å². The third-order valence-corrected chi connectivity index (χ3v) is 5.81. The van der Waals surface area contributed by atoms with Crippen molar-refractivity contribution in [1.29, 1.82) is 0 Å². The van der Waals surface area contributed by atoms with Gasteiger partial charge in [-0.25, -0.2) is 4.98 Å². The lowest BCUT2D eigenvalue weighted by molar-refractivity contribution is 0.582. The molecule has 3 aliphatic rings. The molecule has 6 nitrogen and oxygen atoms in total. The average molecular weight is 370 g/mol. The van der Waals surface area contributed by atoms with Crippen LogP contribution in [0.5, 0.6) is 0 Å². The molecule has 0 fully saturated rings. The zero-order chi connectivity index (χ0) is 18.0. The van der Waals surface area contributed by atoms with Crippen molar-refractivity contribution in [2.24, 2.45) is 0 Å². The molecule has 27 heavy (non-hydrogen) atoms. The molecule has 0 saturated carbocycles. The number of hydrogen-bond acceptors (Lipinski definition) is 7. The Morgan fingerprint density at radius 3 is 2.70 bits per heavy atom. The van der Waals surface area contributed by atoms with Crippen molar-refractivity contribution >= 4 is 45.0 Å². The minimum atomic E-state index is -0.441. The number of benzene rings is 3. The fraction of sp³-hybridized carbons (Fsp3) is 0. The summed E-state index contributed by atoms with van der Waals surface area (Å²) < 4.78 is 6.07. The van der Waals surface area contributed by atoms with Crippen LogP contribution in [-0.4, -0.2) is 15.0 Å². The molecular formula is C20H10N4O2S. The second kappa shape index (κ2) is 5.28. The van der Waals surface area contributed by atoms with E-state index in [4.69, 9.17) is 4.42 Å². The van der Waals surface area contributed by atoms with Crippen molar-refractivity contribution in [1.82, 2.24) is 15.0 Å². The summed E-state index contributed by atoms with van der Waals surface area (Å²) in [4.78, 5) is 26.6. The van der Waals surface area contributed by atoms with Crippen LogP contribution in [-0.2, 0) is 0 Å². The summed E-state index contributed by atoms with van der Waals surface area (Å²) in [5, 5.41) is 5.46. The minimum Gasteiger partial charge on any atom is -0.433 e. The number of aromatic nitrogens is 3. The maximum Gasteiger partial charge on any atom is 0.302 e. The molecule has 3 aromatic carbocycles. The predicted octanol–water partition coefficient (Wildman–Crippen LogP) is 4.44. The summed E-state index contributed by atoms with van der Waals surface area (Å²) in [6.07, 6.45) is 1.20. The smallest absolute Gasteiger partial charge is 0.302 e. The van der Waals surface area contributed by atoms with Gasteiger partial charge >= 0.3 is 5.56 Å². The summed E-state index contributed by atoms with van der Waals surface area (Å²) in [6.45, 7) is 0. The molecule has 3 aliphatic heterocycles. The lowest BCUT2D eigenvalue weighted by Crippen LogP contribution is -2.13. The van der Waals surface area contributed by atoms with Gasteiger partial charge in [-0.05, 0) is 12.1 Å². The summed E-state index contributed by atoms with van der Waals surface area (Å²) in [5.74, 6) is 0.194. The lowest BCUT2D eigenvalue weighted by atomic mass is 10.1. The fourth-order valence-corrected chi connectivity index (χ4v) is 4.52. The second-order valence-electron chi connectivity index (χ2n) is 6.20. The van der Waals surface area contributed by atoms with Gasteiger partial charge in [-0.1, -0.05) is 48.2 Å². The van der Waals surface area contributed by atoms with Crippen LogP contribution in [0.4, 0.5) is 11.4 Å². The number of rotatable bonds is 0. The Morgan fingerprint density at radius 2 is 1.78 bits per heavy atom. The molecule has 0 radical (unpaired) electrons. The highest BCUT2D eigenvalue weighted by atomic mass is 32.2. The molecule has 7 heteroatoms. The number of nitrogens with zero attached hydrogens (tertiary/aromatic N) is 3. The van der Waals surface area contributed by atoms with Crippen LogP contribution in [0, 0.1) is 0 Å². The van der Waals surface area contributed by atoms with Crippen molar-refractivity contribution in [3.05, 3.63) is 65.2 Å². The average Bonchev–Trinajstić information content (AvgIpc) is 2.72. The Bertz CT molecular complexity index is 1410. The molecule has 0 bridgehead atoms. The van der Waals surface area contributed by atoms with Gasteiger partial charge in [0.1, 0.15) is 11.8 Å². The van der Waals surface area contributed by atoms with Gasteiger partial charge in [-0.3, -0.25) is 4.79 Å². The fourth-order valence-electron chi connectivity index (χ4n) is 3.43. The molecule has 0 saturated heterocycles. The predicted molar refractivity (Wildman–Crippen MR) is 104 cm³/mol. The SMILES string of the molecule is O=c1ncnc2oc3c4c(c5ccccc5c3nc1-2)Nc1ccccc1S4. The lowest BCUT2D eigenvalue weighted by Gasteiger charge is -2.23. The van der Waals surface area contributed by atoms with E-state index in [1.54, 1.807) is 11.8 Å². The zero-order valence-corrected chi connectivity index (χ0v) is 14.6. The Labute approximate surface area is 156 Å². The molecule has 3 aromatic rings. The van der Waals surface area contributed by atoms with E-state index in [-0.39, 0.29) is 11.6 Å². The van der Waals surface area contributed by atoms with Crippen molar-refractivity contribution in [3.63, 3.8) is 0 Å². The summed E-state index contributed by atoms with van der Waals surface area (Å²) >= 11 is 1.62. The van der Waals surface area contributed by atoms with Gasteiger partial charge in [0.25, 0.3) is 5.89 Å². The summed E-state index contributed by atoms with van der Waals surface area (Å²) in [7, 11) is 0. The van der Waals surface area contributed by atoms with Crippen LogP contribution in [0.2, 0.25) is 0 Å². The van der Waals surface area contributed by atoms with Crippen LogP contribution in [0.3, 0.4) is 0 Å². The molecule has 0 unspecified atom stereocenters. The van der Waals surface area contributed by atoms with E-state index in [9.17, 15) is 4.79 Å². The molecule has 1 N–H and O–H groups in total. The minimum absolute atomic E-state index is 0.143. The van der Waals surface area contributed by atoms with Crippen molar-refractivity contribution < 1.29 is 4.42 Å². The first-order valence-corrected chi connectivity index (χ1v) is 9.15. The standard InChI is InChI=1S/C20H10N4O2S/c25-19-16-20(22-9-21-19)26-17-14(24-16)10-5-1-2-6-11(10)15-18(17)27-13-8-4-3-7-12(13)23-15/h1-9,23H. The van der Waals surface area contributed by atoms with Crippen molar-refractivity contribution in [2.45, 2.75) is 9.79 Å². The Kier molecular flexibility index (Phi) is 2.87. The van der Waals surface area contributed by atoms with E-state index in [0.717, 1.165) is 31.9 Å². The number of fused-ring (bicyclic) bond motifs is 8. The van der Waals surface area contributed by atoms with Gasteiger partial charge in [-0.2, -0.15) is 9.97 Å². The molecule has 0 atom stereocenters. The van der Waals surface area contributed by atoms with E-state index < -0.39 is 5.56 Å². The molecule has 3 heterocycles. The highest BCUT2D eigenvalue weighted by Gasteiger charge is 2.26. The van der Waals surface area contributed by atoms with Crippen LogP contribution >= 0.6 is 11.8 Å². The molecule has 0 amide bonds. The highest BCUT2D eigenvalue weighted by Crippen LogP contribution is 2.50. The van der Waals surface area contributed by atoms with Crippen molar-refractivity contribution in [2.75, 3.05) is 5.32 Å². The van der Waals surface area contributed by atoms with Crippen LogP contribution in [0.25, 0.3) is 33.5 Å². The summed E-state index contributed by atoms with van der Waals surface area (Å²) in [5.41, 5.74) is 2.98. The maximum absolute atomic E-state index is 12.1. The van der Waals surface area contributed by atoms with Gasteiger partial charge in [0.15, 0.2) is 11.3 Å². The molecule has 0 aromatic heterocycles. The first-order chi connectivity index (χ1) is 13.3. The normalized spacial score (nSPS) is 12.7. The number of nitrogens with one attached hydrogen (secondary N) is 1. The Balaban J connectivity index is 1.81. The molecule has 0 aliphatic carbocycles. The number of hydrogen-bond donors (Lipinski definition) is 1. The van der Waals surface area contributed by atoms with Crippen LogP contribution < -0.4 is 10.9 Å². The van der Waals surface area contributed by atoms with Gasteiger partial charge in [0, 0.05) is 15.7 Å². The third kappa shape index (κ3) is 2.03. The molecular weight excluding hydrogens is 360 g/mol. The zero-order valence-electron chi connectivity index (χ0n) is 13.8. The van der Waals surface area contributed by atoms with Crippen molar-refractivity contribution in [3.8, 4) is 11.6 Å².